The summed E-state index contributed by atoms with van der Waals surface area (Å²) in [5, 5.41) is 0. The largest absolute Gasteiger partial charge is 0.553 e. The van der Waals surface area contributed by atoms with Gasteiger partial charge in [-0.15, -0.1) is 0 Å². The third-order valence-electron chi connectivity index (χ3n) is 3.46. The summed E-state index contributed by atoms with van der Waals surface area (Å²) in [6.07, 6.45) is 1.83. The molecule has 0 unspecified atom stereocenters. The van der Waals surface area contributed by atoms with Gasteiger partial charge in [0, 0.05) is 0 Å². The van der Waals surface area contributed by atoms with E-state index in [1.54, 1.807) is 5.70 Å². The molecule has 6 fully saturated rings. The first-order valence-electron chi connectivity index (χ1n) is 7.72. The Morgan fingerprint density at radius 1 is 0.536 bits per heavy atom. The van der Waals surface area contributed by atoms with E-state index in [1.807, 2.05) is 36.4 Å². The second kappa shape index (κ2) is 7.72. The molecule has 0 aromatic heterocycles. The summed E-state index contributed by atoms with van der Waals surface area (Å²) in [5.74, 6) is 0. The van der Waals surface area contributed by atoms with Gasteiger partial charge in [-0.1, -0.05) is 36.4 Å². The van der Waals surface area contributed by atoms with Crippen LogP contribution in [0, 0.1) is 0 Å². The monoisotopic (exact) mass is 519 g/mol. The van der Waals surface area contributed by atoms with Crippen LogP contribution < -0.4 is 0 Å². The highest BCUT2D eigenvalue weighted by molar-refractivity contribution is 6.88. The molecule has 12 nitrogen and oxygen atoms in total. The van der Waals surface area contributed by atoms with Gasteiger partial charge in [0.2, 0.25) is 0 Å². The first-order chi connectivity index (χ1) is 13.7. The molecule has 6 heterocycles. The predicted octanol–water partition coefficient (Wildman–Crippen LogP) is -1.66. The van der Waals surface area contributed by atoms with Crippen molar-refractivity contribution in [3.8, 4) is 0 Å². The minimum absolute atomic E-state index is 0.937. The van der Waals surface area contributed by atoms with Crippen LogP contribution in [0.3, 0.4) is 0 Å². The highest BCUT2D eigenvalue weighted by Crippen LogP contribution is 2.30. The first kappa shape index (κ1) is 18.9. The number of hydrogen-bond donors (Lipinski definition) is 0. The highest BCUT2D eigenvalue weighted by atomic mass is 28.6. The molecule has 7 rings (SSSR count). The van der Waals surface area contributed by atoms with Crippen molar-refractivity contribution in [2.45, 2.75) is 0 Å². The van der Waals surface area contributed by atoms with Crippen molar-refractivity contribution >= 4 is 81.6 Å². The van der Waals surface area contributed by atoms with Crippen molar-refractivity contribution < 1.29 is 49.4 Å². The zero-order valence-corrected chi connectivity index (χ0v) is 21.4. The molecule has 0 amide bonds. The van der Waals surface area contributed by atoms with Crippen LogP contribution in [0.4, 0.5) is 0 Å². The van der Waals surface area contributed by atoms with Gasteiger partial charge in [-0.3, -0.25) is 0 Å². The molecule has 0 N–H and O–H groups in total. The molecule has 6 saturated heterocycles. The van der Waals surface area contributed by atoms with Gasteiger partial charge in [-0.05, 0) is 11.3 Å². The Bertz CT molecular complexity index is 681. The quantitative estimate of drug-likeness (QED) is 0.417. The van der Waals surface area contributed by atoms with Crippen LogP contribution in [0.15, 0.2) is 36.0 Å². The van der Waals surface area contributed by atoms with E-state index in [0.717, 1.165) is 5.56 Å². The zero-order chi connectivity index (χ0) is 18.6. The van der Waals surface area contributed by atoms with E-state index in [0.29, 0.717) is 0 Å². The lowest BCUT2D eigenvalue weighted by atomic mass is 10.2. The molecule has 20 heteroatoms. The Morgan fingerprint density at radius 2 is 0.929 bits per heavy atom. The lowest BCUT2D eigenvalue weighted by molar-refractivity contribution is 0.0345. The topological polar surface area (TPSA) is 111 Å². The minimum atomic E-state index is -3.54. The van der Waals surface area contributed by atoms with Crippen LogP contribution in [-0.4, -0.2) is 75.5 Å². The van der Waals surface area contributed by atoms with Gasteiger partial charge in [-0.2, -0.15) is 0 Å². The lowest BCUT2D eigenvalue weighted by Gasteiger charge is -2.44. The Morgan fingerprint density at radius 3 is 1.36 bits per heavy atom. The van der Waals surface area contributed by atoms with Gasteiger partial charge in [0.1, 0.15) is 0 Å². The van der Waals surface area contributed by atoms with Crippen molar-refractivity contribution in [2.24, 2.45) is 0 Å². The SMILES string of the molecule is C(=C\[Si]12O[Si]3O[Si]4O[Si]5O[Si](O3)O[Si](O[Si](O5)O[Si](O4)O1)O2)/c1ccccc1. The molecule has 0 aliphatic carbocycles. The van der Waals surface area contributed by atoms with Gasteiger partial charge < -0.3 is 49.4 Å². The third kappa shape index (κ3) is 3.92. The number of benzene rings is 1. The van der Waals surface area contributed by atoms with Gasteiger partial charge in [0.15, 0.2) is 0 Å². The van der Waals surface area contributed by atoms with Gasteiger partial charge in [-0.25, -0.2) is 0 Å². The molecule has 6 aliphatic rings. The maximum atomic E-state index is 6.13. The normalized spacial score (nSPS) is 30.4. The van der Waals surface area contributed by atoms with Crippen molar-refractivity contribution in [3.63, 3.8) is 0 Å². The predicted molar refractivity (Wildman–Crippen MR) is 94.5 cm³/mol. The van der Waals surface area contributed by atoms with E-state index < -0.39 is 75.5 Å². The van der Waals surface area contributed by atoms with Gasteiger partial charge in [0.05, 0.1) is 0 Å². The summed E-state index contributed by atoms with van der Waals surface area (Å²) in [6.45, 7) is 0. The molecular formula is C8H7O12Si8. The molecule has 6 aliphatic heterocycles. The molecule has 0 spiro atoms. The summed E-state index contributed by atoms with van der Waals surface area (Å²) >= 11 is 0. The Kier molecular flexibility index (Phi) is 5.22. The van der Waals surface area contributed by atoms with Crippen LogP contribution in [-0.2, 0) is 49.4 Å². The van der Waals surface area contributed by atoms with Crippen LogP contribution >= 0.6 is 0 Å². The van der Waals surface area contributed by atoms with Crippen molar-refractivity contribution in [1.29, 1.82) is 0 Å². The molecule has 0 saturated carbocycles. The fraction of sp³-hybridized carbons (Fsp3) is 0. The van der Waals surface area contributed by atoms with Crippen LogP contribution in [0.25, 0.3) is 6.08 Å². The van der Waals surface area contributed by atoms with Gasteiger partial charge in [0.25, 0.3) is 0 Å². The second-order valence-electron chi connectivity index (χ2n) is 5.32. The van der Waals surface area contributed by atoms with E-state index in [4.69, 9.17) is 49.4 Å². The first-order valence-corrected chi connectivity index (χ1v) is 18.1. The van der Waals surface area contributed by atoms with Crippen LogP contribution in [0.5, 0.6) is 0 Å². The highest BCUT2D eigenvalue weighted by Gasteiger charge is 2.64. The molecule has 28 heavy (non-hydrogen) atoms. The lowest BCUT2D eigenvalue weighted by Crippen LogP contribution is -2.71. The Hall–Kier alpha value is 0.215. The van der Waals surface area contributed by atoms with E-state index >= 15 is 0 Å². The smallest absolute Gasteiger partial charge is 0.369 e. The molecule has 0 atom stereocenters. The van der Waals surface area contributed by atoms with Crippen molar-refractivity contribution in [2.75, 3.05) is 0 Å². The maximum Gasteiger partial charge on any atom is 0.553 e. The number of hydrogen-bond acceptors (Lipinski definition) is 12. The third-order valence-corrected chi connectivity index (χ3v) is 21.4. The number of rotatable bonds is 2. The molecule has 7 radical (unpaired) electrons. The Labute approximate surface area is 172 Å². The average Bonchev–Trinajstić information content (AvgIpc) is 2.56. The van der Waals surface area contributed by atoms with E-state index in [9.17, 15) is 0 Å². The molecule has 143 valence electrons. The fourth-order valence-electron chi connectivity index (χ4n) is 2.33. The molecule has 8 bridgehead atoms. The van der Waals surface area contributed by atoms with Crippen molar-refractivity contribution in [3.05, 3.63) is 41.6 Å². The summed E-state index contributed by atoms with van der Waals surface area (Å²) in [4.78, 5) is 0. The van der Waals surface area contributed by atoms with E-state index in [2.05, 4.69) is 0 Å². The standard InChI is InChI=1S/C8H7O12Si8/c1-2-4-8(5-3-1)6-7-28-18-25-12-22-9-21-10-23(14-25)16-27(20-28)17-24(11-21)15-26(13-22)19-28/h1-7H/b7-6+. The minimum Gasteiger partial charge on any atom is -0.369 e. The second-order valence-corrected chi connectivity index (χ2v) is 20.2. The van der Waals surface area contributed by atoms with Gasteiger partial charge >= 0.3 is 75.5 Å². The molecule has 1 aromatic rings. The van der Waals surface area contributed by atoms with Crippen LogP contribution in [0.1, 0.15) is 5.56 Å². The summed E-state index contributed by atoms with van der Waals surface area (Å²) in [7, 11) is -19.8. The molecule has 1 aromatic carbocycles. The van der Waals surface area contributed by atoms with Crippen LogP contribution in [0.2, 0.25) is 0 Å². The van der Waals surface area contributed by atoms with E-state index in [-0.39, 0.29) is 0 Å². The summed E-state index contributed by atoms with van der Waals surface area (Å²) in [5.41, 5.74) is 2.66. The Balaban J connectivity index is 1.40. The zero-order valence-electron chi connectivity index (χ0n) is 13.4. The average molecular weight is 520 g/mol. The fourth-order valence-corrected chi connectivity index (χ4v) is 24.2. The van der Waals surface area contributed by atoms with Crippen molar-refractivity contribution in [1.82, 2.24) is 0 Å². The summed E-state index contributed by atoms with van der Waals surface area (Å²) < 4.78 is 70.5. The maximum absolute atomic E-state index is 6.13. The van der Waals surface area contributed by atoms with E-state index in [1.165, 1.54) is 0 Å². The molecular weight excluding hydrogens is 513 g/mol. The summed E-state index contributed by atoms with van der Waals surface area (Å²) in [6, 6.07) is 9.65.